The lowest BCUT2D eigenvalue weighted by molar-refractivity contribution is 0.0314. The molecular weight excluding hydrogens is 271 g/mol. The summed E-state index contributed by atoms with van der Waals surface area (Å²) in [5.41, 5.74) is 1.39. The van der Waals surface area contributed by atoms with Crippen molar-refractivity contribution >= 4 is 7.14 Å². The molecule has 1 N–H and O–H groups in total. The van der Waals surface area contributed by atoms with Crippen molar-refractivity contribution in [2.75, 3.05) is 19.1 Å². The van der Waals surface area contributed by atoms with Gasteiger partial charge in [-0.05, 0) is 36.4 Å². The van der Waals surface area contributed by atoms with Crippen molar-refractivity contribution < 1.29 is 14.4 Å². The van der Waals surface area contributed by atoms with Crippen LogP contribution >= 0.6 is 7.14 Å². The third-order valence-electron chi connectivity index (χ3n) is 5.43. The molecule has 1 saturated heterocycles. The first-order valence-electron chi connectivity index (χ1n) is 7.50. The van der Waals surface area contributed by atoms with Crippen LogP contribution in [0.25, 0.3) is 0 Å². The van der Waals surface area contributed by atoms with Gasteiger partial charge >= 0.3 is 0 Å². The Balaban J connectivity index is 1.31. The molecule has 3 aliphatic carbocycles. The molecule has 0 radical (unpaired) electrons. The molecule has 4 heteroatoms. The van der Waals surface area contributed by atoms with Crippen LogP contribution in [0.5, 0.6) is 0 Å². The van der Waals surface area contributed by atoms with Gasteiger partial charge in [0.05, 0.1) is 12.7 Å². The summed E-state index contributed by atoms with van der Waals surface area (Å²) in [5, 5.41) is 11.4. The van der Waals surface area contributed by atoms with Gasteiger partial charge < -0.3 is 14.4 Å². The van der Waals surface area contributed by atoms with E-state index in [2.05, 4.69) is 13.0 Å². The topological polar surface area (TPSA) is 46.5 Å². The lowest BCUT2D eigenvalue weighted by Gasteiger charge is -2.29. The molecule has 1 saturated carbocycles. The Morgan fingerprint density at radius 3 is 2.95 bits per heavy atom. The first kappa shape index (κ1) is 13.1. The number of fused-ring (bicyclic) bond motifs is 1. The number of hydrogen-bond acceptors (Lipinski definition) is 3. The van der Waals surface area contributed by atoms with E-state index < -0.39 is 13.2 Å². The smallest absolute Gasteiger partial charge is 0.136 e. The average Bonchev–Trinajstić information content (AvgIpc) is 2.96. The van der Waals surface area contributed by atoms with Crippen molar-refractivity contribution in [3.63, 3.8) is 0 Å². The molecule has 0 amide bonds. The summed E-state index contributed by atoms with van der Waals surface area (Å²) in [4.78, 5) is 0. The number of ether oxygens (including phenoxy) is 1. The van der Waals surface area contributed by atoms with Gasteiger partial charge in [-0.1, -0.05) is 29.9 Å². The van der Waals surface area contributed by atoms with E-state index in [9.17, 15) is 9.67 Å². The fourth-order valence-electron chi connectivity index (χ4n) is 4.39. The van der Waals surface area contributed by atoms with E-state index in [1.54, 1.807) is 0 Å². The number of allylic oxidation sites excluding steroid dienone is 5. The Labute approximate surface area is 119 Å². The lowest BCUT2D eigenvalue weighted by atomic mass is 9.95. The minimum atomic E-state index is -2.24. The van der Waals surface area contributed by atoms with E-state index in [1.807, 2.05) is 18.2 Å². The summed E-state index contributed by atoms with van der Waals surface area (Å²) in [5.74, 6) is 2.24. The van der Waals surface area contributed by atoms with Gasteiger partial charge in [0.1, 0.15) is 13.5 Å². The zero-order valence-corrected chi connectivity index (χ0v) is 12.6. The Hall–Kier alpha value is -0.630. The molecule has 20 heavy (non-hydrogen) atoms. The molecule has 5 unspecified atom stereocenters. The molecular formula is C16H21O3P. The van der Waals surface area contributed by atoms with E-state index in [-0.39, 0.29) is 12.5 Å². The summed E-state index contributed by atoms with van der Waals surface area (Å²) < 4.78 is 18.5. The number of rotatable bonds is 5. The highest BCUT2D eigenvalue weighted by Crippen LogP contribution is 2.85. The second-order valence-corrected chi connectivity index (χ2v) is 9.52. The molecule has 1 heterocycles. The predicted octanol–water partition coefficient (Wildman–Crippen LogP) is 2.98. The summed E-state index contributed by atoms with van der Waals surface area (Å²) in [6.07, 6.45) is 9.59. The van der Waals surface area contributed by atoms with Gasteiger partial charge in [-0.2, -0.15) is 0 Å². The van der Waals surface area contributed by atoms with Crippen LogP contribution in [0.4, 0.5) is 0 Å². The second-order valence-electron chi connectivity index (χ2n) is 6.64. The van der Waals surface area contributed by atoms with Crippen LogP contribution in [0.3, 0.4) is 0 Å². The number of aliphatic hydroxyl groups is 1. The molecule has 1 aliphatic heterocycles. The van der Waals surface area contributed by atoms with Crippen molar-refractivity contribution in [3.05, 3.63) is 35.2 Å². The molecule has 0 spiro atoms. The molecule has 0 aromatic heterocycles. The molecule has 4 aliphatic rings. The second kappa shape index (κ2) is 4.43. The monoisotopic (exact) mass is 292 g/mol. The van der Waals surface area contributed by atoms with Crippen LogP contribution in [0, 0.1) is 23.7 Å². The Kier molecular flexibility index (Phi) is 2.89. The lowest BCUT2D eigenvalue weighted by Crippen LogP contribution is -2.25. The third kappa shape index (κ3) is 1.76. The van der Waals surface area contributed by atoms with E-state index in [1.165, 1.54) is 10.9 Å². The predicted molar refractivity (Wildman–Crippen MR) is 78.9 cm³/mol. The maximum Gasteiger partial charge on any atom is 0.136 e. The van der Waals surface area contributed by atoms with Crippen molar-refractivity contribution in [2.45, 2.75) is 19.4 Å². The van der Waals surface area contributed by atoms with Gasteiger partial charge in [0.25, 0.3) is 0 Å². The SMILES string of the molecule is CC1=C2[C@@H]3C(CP2(=O)COCC(O)C2C=CC=CC2)C13. The molecule has 0 bridgehead atoms. The molecule has 2 fully saturated rings. The van der Waals surface area contributed by atoms with Crippen molar-refractivity contribution in [3.8, 4) is 0 Å². The van der Waals surface area contributed by atoms with Crippen LogP contribution in [-0.2, 0) is 9.30 Å². The van der Waals surface area contributed by atoms with Crippen LogP contribution in [-0.4, -0.2) is 30.3 Å². The first-order valence-corrected chi connectivity index (χ1v) is 9.58. The van der Waals surface area contributed by atoms with Gasteiger partial charge in [0.2, 0.25) is 0 Å². The summed E-state index contributed by atoms with van der Waals surface area (Å²) in [7, 11) is -2.24. The zero-order valence-electron chi connectivity index (χ0n) is 11.7. The molecule has 6 atom stereocenters. The highest BCUT2D eigenvalue weighted by Gasteiger charge is 2.71. The average molecular weight is 292 g/mol. The summed E-state index contributed by atoms with van der Waals surface area (Å²) in [6.45, 7) is 2.42. The van der Waals surface area contributed by atoms with E-state index in [0.29, 0.717) is 18.2 Å². The quantitative estimate of drug-likeness (QED) is 0.792. The van der Waals surface area contributed by atoms with Gasteiger partial charge in [-0.25, -0.2) is 0 Å². The van der Waals surface area contributed by atoms with E-state index in [0.717, 1.165) is 18.5 Å². The molecule has 0 aromatic rings. The normalized spacial score (nSPS) is 45.3. The van der Waals surface area contributed by atoms with Gasteiger partial charge in [-0.15, -0.1) is 0 Å². The fourth-order valence-corrected chi connectivity index (χ4v) is 8.05. The van der Waals surface area contributed by atoms with E-state index in [4.69, 9.17) is 4.74 Å². The molecule has 4 rings (SSSR count). The Morgan fingerprint density at radius 1 is 1.45 bits per heavy atom. The molecule has 3 nitrogen and oxygen atoms in total. The highest BCUT2D eigenvalue weighted by molar-refractivity contribution is 7.68. The maximum absolute atomic E-state index is 12.9. The largest absolute Gasteiger partial charge is 0.390 e. The number of hydrogen-bond donors (Lipinski definition) is 1. The fraction of sp³-hybridized carbons (Fsp3) is 0.625. The Bertz CT molecular complexity index is 574. The maximum atomic E-state index is 12.9. The van der Waals surface area contributed by atoms with Crippen molar-refractivity contribution in [2.24, 2.45) is 23.7 Å². The minimum Gasteiger partial charge on any atom is -0.390 e. The number of aliphatic hydroxyl groups excluding tert-OH is 1. The third-order valence-corrected chi connectivity index (χ3v) is 8.57. The standard InChI is InChI=1S/C16H21O3P/c1-10-14-12-8-20(18,16(10)15(12)14)9-19-7-13(17)11-5-3-2-4-6-11/h2-5,11-15,17H,6-9H2,1H3/t11?,12?,13?,14?,15-,20?/m1/s1. The minimum absolute atomic E-state index is 0.131. The summed E-state index contributed by atoms with van der Waals surface area (Å²) >= 11 is 0. The van der Waals surface area contributed by atoms with Crippen LogP contribution in [0.15, 0.2) is 35.2 Å². The summed E-state index contributed by atoms with van der Waals surface area (Å²) in [6, 6.07) is 0. The van der Waals surface area contributed by atoms with Gasteiger partial charge in [0.15, 0.2) is 0 Å². The van der Waals surface area contributed by atoms with Gasteiger partial charge in [-0.3, -0.25) is 0 Å². The van der Waals surface area contributed by atoms with Gasteiger partial charge in [0, 0.05) is 12.1 Å². The van der Waals surface area contributed by atoms with Crippen LogP contribution in [0.2, 0.25) is 0 Å². The Morgan fingerprint density at radius 2 is 2.30 bits per heavy atom. The van der Waals surface area contributed by atoms with E-state index >= 15 is 0 Å². The van der Waals surface area contributed by atoms with Crippen LogP contribution in [0.1, 0.15) is 13.3 Å². The highest BCUT2D eigenvalue weighted by atomic mass is 31.2. The van der Waals surface area contributed by atoms with Crippen molar-refractivity contribution in [1.29, 1.82) is 0 Å². The first-order chi connectivity index (χ1) is 9.62. The zero-order chi connectivity index (χ0) is 13.9. The molecule has 108 valence electrons. The van der Waals surface area contributed by atoms with Crippen molar-refractivity contribution in [1.82, 2.24) is 0 Å². The molecule has 0 aromatic carbocycles. The van der Waals surface area contributed by atoms with Crippen LogP contribution < -0.4 is 0 Å².